The Balaban J connectivity index is 2.41. The normalized spacial score (nSPS) is 14.1. The zero-order valence-electron chi connectivity index (χ0n) is 15.3. The molecule has 0 radical (unpaired) electrons. The molecule has 8 heteroatoms. The third-order valence-corrected chi connectivity index (χ3v) is 3.51. The van der Waals surface area contributed by atoms with E-state index in [-0.39, 0.29) is 22.4 Å². The van der Waals surface area contributed by atoms with Crippen molar-refractivity contribution in [1.82, 2.24) is 14.5 Å². The van der Waals surface area contributed by atoms with Crippen LogP contribution in [0.5, 0.6) is 0 Å². The summed E-state index contributed by atoms with van der Waals surface area (Å²) in [5, 5.41) is 2.22. The lowest BCUT2D eigenvalue weighted by Crippen LogP contribution is -2.22. The van der Waals surface area contributed by atoms with Crippen molar-refractivity contribution >= 4 is 16.7 Å². The number of nitrogens with zero attached hydrogens (tertiary/aromatic N) is 3. The standard InChI is InChI=1S/C16H13F3N4O/c1-9-12(4-3-7-21-9)23-14(24)8-11(20-2)10-5-6-13(16(17,18)19)22-15(10)23/h3-8,20H,1-2H3/i2D3. The molecule has 0 aromatic carbocycles. The SMILES string of the molecule is [2H]C([2H])([2H])Nc1cc(=O)n(-c2cccnc2C)c2nc(C(F)(F)F)ccc12. The van der Waals surface area contributed by atoms with Gasteiger partial charge in [-0.1, -0.05) is 0 Å². The summed E-state index contributed by atoms with van der Waals surface area (Å²) in [6.45, 7) is -1.05. The summed E-state index contributed by atoms with van der Waals surface area (Å²) in [7, 11) is 0. The van der Waals surface area contributed by atoms with Crippen molar-refractivity contribution in [2.45, 2.75) is 13.1 Å². The number of hydrogen-bond acceptors (Lipinski definition) is 4. The molecule has 0 aliphatic carbocycles. The Labute approximate surface area is 139 Å². The third-order valence-electron chi connectivity index (χ3n) is 3.51. The minimum absolute atomic E-state index is 0.0574. The van der Waals surface area contributed by atoms with Crippen LogP contribution in [0.25, 0.3) is 16.7 Å². The Morgan fingerprint density at radius 2 is 2.08 bits per heavy atom. The zero-order valence-corrected chi connectivity index (χ0v) is 12.3. The van der Waals surface area contributed by atoms with Gasteiger partial charge < -0.3 is 5.32 Å². The highest BCUT2D eigenvalue weighted by atomic mass is 19.4. The molecule has 0 amide bonds. The predicted molar refractivity (Wildman–Crippen MR) is 84.4 cm³/mol. The molecule has 124 valence electrons. The molecular weight excluding hydrogens is 321 g/mol. The molecular formula is C16H13F3N4O. The van der Waals surface area contributed by atoms with E-state index in [0.717, 1.165) is 22.8 Å². The number of nitrogens with one attached hydrogen (secondary N) is 1. The first-order valence-electron chi connectivity index (χ1n) is 8.31. The first kappa shape index (κ1) is 12.5. The van der Waals surface area contributed by atoms with E-state index < -0.39 is 24.4 Å². The summed E-state index contributed by atoms with van der Waals surface area (Å²) in [5.41, 5.74) is -1.74. The van der Waals surface area contributed by atoms with Gasteiger partial charge in [0.15, 0.2) is 0 Å². The van der Waals surface area contributed by atoms with Gasteiger partial charge in [-0.2, -0.15) is 13.2 Å². The average Bonchev–Trinajstić information content (AvgIpc) is 2.53. The van der Waals surface area contributed by atoms with Gasteiger partial charge in [0, 0.05) is 28.7 Å². The number of pyridine rings is 3. The highest BCUT2D eigenvalue weighted by Crippen LogP contribution is 2.31. The molecule has 3 aromatic heterocycles. The van der Waals surface area contributed by atoms with Gasteiger partial charge in [0.25, 0.3) is 5.56 Å². The molecule has 3 heterocycles. The number of halogens is 3. The minimum atomic E-state index is -4.73. The van der Waals surface area contributed by atoms with E-state index in [1.807, 2.05) is 0 Å². The number of alkyl halides is 3. The minimum Gasteiger partial charge on any atom is -0.387 e. The predicted octanol–water partition coefficient (Wildman–Crippen LogP) is 3.15. The maximum atomic E-state index is 13.1. The van der Waals surface area contributed by atoms with Crippen molar-refractivity contribution < 1.29 is 17.3 Å². The average molecular weight is 337 g/mol. The van der Waals surface area contributed by atoms with Crippen LogP contribution in [0.15, 0.2) is 41.3 Å². The molecule has 3 aromatic rings. The van der Waals surface area contributed by atoms with Crippen molar-refractivity contribution in [2.24, 2.45) is 0 Å². The van der Waals surface area contributed by atoms with Crippen LogP contribution in [0.1, 0.15) is 15.5 Å². The van der Waals surface area contributed by atoms with Gasteiger partial charge in [0.2, 0.25) is 0 Å². The van der Waals surface area contributed by atoms with Crippen LogP contribution in [0, 0.1) is 6.92 Å². The topological polar surface area (TPSA) is 59.8 Å². The monoisotopic (exact) mass is 337 g/mol. The number of anilines is 1. The van der Waals surface area contributed by atoms with Crippen LogP contribution >= 0.6 is 0 Å². The molecule has 0 saturated heterocycles. The fraction of sp³-hybridized carbons (Fsp3) is 0.188. The van der Waals surface area contributed by atoms with Crippen molar-refractivity contribution in [2.75, 3.05) is 12.3 Å². The third kappa shape index (κ3) is 2.60. The van der Waals surface area contributed by atoms with Crippen LogP contribution in [-0.2, 0) is 6.18 Å². The van der Waals surface area contributed by atoms with Gasteiger partial charge in [-0.05, 0) is 31.2 Å². The van der Waals surface area contributed by atoms with Crippen LogP contribution in [0.4, 0.5) is 18.9 Å². The van der Waals surface area contributed by atoms with Crippen molar-refractivity contribution in [3.8, 4) is 5.69 Å². The molecule has 0 spiro atoms. The van der Waals surface area contributed by atoms with E-state index in [9.17, 15) is 18.0 Å². The van der Waals surface area contributed by atoms with E-state index in [4.69, 9.17) is 4.11 Å². The Hall–Kier alpha value is -2.90. The molecule has 3 rings (SSSR count). The second kappa shape index (κ2) is 5.63. The molecule has 0 atom stereocenters. The fourth-order valence-corrected chi connectivity index (χ4v) is 2.41. The summed E-state index contributed by atoms with van der Waals surface area (Å²) in [4.78, 5) is 20.3. The molecule has 1 N–H and O–H groups in total. The van der Waals surface area contributed by atoms with Crippen molar-refractivity contribution in [3.05, 3.63) is 58.3 Å². The summed E-state index contributed by atoms with van der Waals surface area (Å²) in [5.74, 6) is 0. The lowest BCUT2D eigenvalue weighted by Gasteiger charge is -2.15. The number of aromatic nitrogens is 3. The van der Waals surface area contributed by atoms with Gasteiger partial charge in [0.1, 0.15) is 11.3 Å². The lowest BCUT2D eigenvalue weighted by molar-refractivity contribution is -0.141. The number of aryl methyl sites for hydroxylation is 1. The van der Waals surface area contributed by atoms with Crippen LogP contribution in [-0.4, -0.2) is 21.5 Å². The summed E-state index contributed by atoms with van der Waals surface area (Å²) >= 11 is 0. The molecule has 5 nitrogen and oxygen atoms in total. The first-order chi connectivity index (χ1) is 12.5. The maximum Gasteiger partial charge on any atom is 0.433 e. The van der Waals surface area contributed by atoms with Gasteiger partial charge in [-0.3, -0.25) is 14.3 Å². The smallest absolute Gasteiger partial charge is 0.387 e. The van der Waals surface area contributed by atoms with Crippen molar-refractivity contribution in [1.29, 1.82) is 0 Å². The lowest BCUT2D eigenvalue weighted by atomic mass is 10.2. The van der Waals surface area contributed by atoms with Crippen LogP contribution < -0.4 is 10.9 Å². The second-order valence-corrected chi connectivity index (χ2v) is 5.03. The summed E-state index contributed by atoms with van der Waals surface area (Å²) in [6.07, 6.45) is -3.25. The van der Waals surface area contributed by atoms with E-state index in [1.54, 1.807) is 6.92 Å². The Morgan fingerprint density at radius 1 is 1.29 bits per heavy atom. The molecule has 0 bridgehead atoms. The molecule has 0 aliphatic rings. The van der Waals surface area contributed by atoms with Gasteiger partial charge >= 0.3 is 6.18 Å². The van der Waals surface area contributed by atoms with E-state index >= 15 is 0 Å². The summed E-state index contributed by atoms with van der Waals surface area (Å²) < 4.78 is 62.3. The van der Waals surface area contributed by atoms with Crippen LogP contribution in [0.2, 0.25) is 0 Å². The molecule has 24 heavy (non-hydrogen) atoms. The highest BCUT2D eigenvalue weighted by Gasteiger charge is 2.33. The summed E-state index contributed by atoms with van der Waals surface area (Å²) in [6, 6.07) is 5.87. The van der Waals surface area contributed by atoms with Crippen LogP contribution in [0.3, 0.4) is 0 Å². The van der Waals surface area contributed by atoms with E-state index in [0.29, 0.717) is 5.69 Å². The zero-order chi connectivity index (χ0) is 20.0. The molecule has 0 saturated carbocycles. The van der Waals surface area contributed by atoms with Gasteiger partial charge in [-0.25, -0.2) is 4.98 Å². The highest BCUT2D eigenvalue weighted by molar-refractivity contribution is 5.90. The molecule has 0 fully saturated rings. The van der Waals surface area contributed by atoms with E-state index in [1.165, 1.54) is 18.3 Å². The number of hydrogen-bond donors (Lipinski definition) is 1. The van der Waals surface area contributed by atoms with Gasteiger partial charge in [0.05, 0.1) is 17.1 Å². The van der Waals surface area contributed by atoms with Crippen molar-refractivity contribution in [3.63, 3.8) is 0 Å². The maximum absolute atomic E-state index is 13.1. The largest absolute Gasteiger partial charge is 0.433 e. The molecule has 0 unspecified atom stereocenters. The van der Waals surface area contributed by atoms with E-state index in [2.05, 4.69) is 15.3 Å². The Morgan fingerprint density at radius 3 is 2.75 bits per heavy atom. The number of fused-ring (bicyclic) bond motifs is 1. The quantitative estimate of drug-likeness (QED) is 0.780. The fourth-order valence-electron chi connectivity index (χ4n) is 2.41. The second-order valence-electron chi connectivity index (χ2n) is 5.03. The first-order valence-corrected chi connectivity index (χ1v) is 6.81. The number of rotatable bonds is 2. The molecule has 0 aliphatic heterocycles. The Bertz CT molecular complexity index is 1080. The Kier molecular flexibility index (Phi) is 2.93. The van der Waals surface area contributed by atoms with Gasteiger partial charge in [-0.15, -0.1) is 0 Å².